The molecule has 8 heteroatoms. The summed E-state index contributed by atoms with van der Waals surface area (Å²) in [5, 5.41) is 8.42. The Morgan fingerprint density at radius 2 is 2.27 bits per heavy atom. The van der Waals surface area contributed by atoms with E-state index in [0.717, 1.165) is 0 Å². The molecule has 1 aromatic heterocycles. The van der Waals surface area contributed by atoms with Gasteiger partial charge in [0.2, 0.25) is 5.95 Å². The fraction of sp³-hybridized carbons (Fsp3) is 0.286. The fourth-order valence-electron chi connectivity index (χ4n) is 0.971. The van der Waals surface area contributed by atoms with Crippen LogP contribution in [0.1, 0.15) is 5.56 Å². The summed E-state index contributed by atoms with van der Waals surface area (Å²) in [5.41, 5.74) is 9.91. The number of aromatic nitrogens is 2. The van der Waals surface area contributed by atoms with Gasteiger partial charge in [-0.3, -0.25) is 14.6 Å². The molecule has 0 saturated carbocycles. The Balaban J connectivity index is 3.05. The van der Waals surface area contributed by atoms with Gasteiger partial charge in [-0.05, 0) is 0 Å². The van der Waals surface area contributed by atoms with Gasteiger partial charge in [0.05, 0.1) is 5.56 Å². The number of hydrogen-bond acceptors (Lipinski definition) is 5. The average Bonchev–Trinajstić information content (AvgIpc) is 2.10. The summed E-state index contributed by atoms with van der Waals surface area (Å²) < 4.78 is 0. The summed E-state index contributed by atoms with van der Waals surface area (Å²) >= 11 is 5.62. The molecule has 0 aliphatic heterocycles. The number of nitrogen functional groups attached to an aromatic ring is 1. The van der Waals surface area contributed by atoms with Crippen molar-refractivity contribution in [3.63, 3.8) is 0 Å². The number of aliphatic carboxylic acids is 1. The van der Waals surface area contributed by atoms with Crippen LogP contribution in [-0.4, -0.2) is 27.1 Å². The number of aromatic amines is 1. The number of halogens is 1. The maximum atomic E-state index is 11.3. The third-order valence-electron chi connectivity index (χ3n) is 1.72. The number of anilines is 1. The number of hydrogen-bond donors (Lipinski definition) is 4. The molecule has 1 heterocycles. The molecule has 82 valence electrons. The lowest BCUT2D eigenvalue weighted by atomic mass is 10.1. The predicted molar refractivity (Wildman–Crippen MR) is 53.6 cm³/mol. The van der Waals surface area contributed by atoms with Crippen LogP contribution in [0.2, 0.25) is 5.15 Å². The topological polar surface area (TPSA) is 135 Å². The number of nitrogens with zero attached hydrogens (tertiary/aromatic N) is 1. The van der Waals surface area contributed by atoms with E-state index in [-0.39, 0.29) is 23.1 Å². The molecule has 0 amide bonds. The van der Waals surface area contributed by atoms with E-state index in [4.69, 9.17) is 28.2 Å². The normalized spacial score (nSPS) is 12.4. The molecule has 0 bridgehead atoms. The van der Waals surface area contributed by atoms with E-state index in [1.807, 2.05) is 0 Å². The summed E-state index contributed by atoms with van der Waals surface area (Å²) in [6.07, 6.45) is -0.198. The molecule has 1 unspecified atom stereocenters. The monoisotopic (exact) mass is 232 g/mol. The maximum absolute atomic E-state index is 11.3. The Labute approximate surface area is 89.1 Å². The lowest BCUT2D eigenvalue weighted by molar-refractivity contribution is -0.138. The minimum Gasteiger partial charge on any atom is -0.480 e. The van der Waals surface area contributed by atoms with Gasteiger partial charge < -0.3 is 16.6 Å². The number of carboxylic acids is 1. The van der Waals surface area contributed by atoms with Gasteiger partial charge in [0, 0.05) is 6.42 Å². The van der Waals surface area contributed by atoms with Crippen LogP contribution in [0.25, 0.3) is 0 Å². The molecule has 0 aromatic carbocycles. The number of nitrogens with two attached hydrogens (primary N) is 2. The summed E-state index contributed by atoms with van der Waals surface area (Å²) in [6.45, 7) is 0. The van der Waals surface area contributed by atoms with Crippen LogP contribution in [0, 0.1) is 0 Å². The molecular formula is C7H9ClN4O3. The van der Waals surface area contributed by atoms with Crippen molar-refractivity contribution in [2.24, 2.45) is 5.73 Å². The van der Waals surface area contributed by atoms with Crippen molar-refractivity contribution in [2.45, 2.75) is 12.5 Å². The summed E-state index contributed by atoms with van der Waals surface area (Å²) in [5.74, 6) is -1.35. The highest BCUT2D eigenvalue weighted by molar-refractivity contribution is 6.30. The minimum atomic E-state index is -1.22. The molecule has 0 spiro atoms. The molecule has 0 fully saturated rings. The largest absolute Gasteiger partial charge is 0.480 e. The molecule has 6 N–H and O–H groups in total. The average molecular weight is 233 g/mol. The number of carboxylic acid groups (broad SMARTS) is 1. The molecular weight excluding hydrogens is 224 g/mol. The number of H-pyrrole nitrogens is 1. The highest BCUT2D eigenvalue weighted by Gasteiger charge is 2.17. The van der Waals surface area contributed by atoms with Crippen molar-refractivity contribution in [3.05, 3.63) is 21.1 Å². The standard InChI is InChI=1S/C7H9ClN4O3/c8-4-2(1-3(9)6(14)15)5(13)12-7(10)11-4/h3H,1,9H2,(H,14,15)(H3,10,11,12,13). The van der Waals surface area contributed by atoms with Crippen LogP contribution in [0.5, 0.6) is 0 Å². The predicted octanol–water partition coefficient (Wildman–Crippen LogP) is -1.04. The first-order valence-corrected chi connectivity index (χ1v) is 4.32. The molecule has 1 rings (SSSR count). The van der Waals surface area contributed by atoms with Crippen molar-refractivity contribution in [1.29, 1.82) is 0 Å². The highest BCUT2D eigenvalue weighted by Crippen LogP contribution is 2.10. The number of rotatable bonds is 3. The fourth-order valence-corrected chi connectivity index (χ4v) is 1.22. The van der Waals surface area contributed by atoms with Crippen molar-refractivity contribution < 1.29 is 9.90 Å². The van der Waals surface area contributed by atoms with E-state index in [0.29, 0.717) is 0 Å². The van der Waals surface area contributed by atoms with Crippen molar-refractivity contribution in [2.75, 3.05) is 5.73 Å². The Hall–Kier alpha value is -1.60. The molecule has 15 heavy (non-hydrogen) atoms. The van der Waals surface area contributed by atoms with Crippen molar-refractivity contribution in [1.82, 2.24) is 9.97 Å². The van der Waals surface area contributed by atoms with E-state index in [1.54, 1.807) is 0 Å². The van der Waals surface area contributed by atoms with Gasteiger partial charge in [-0.1, -0.05) is 11.6 Å². The van der Waals surface area contributed by atoms with Crippen LogP contribution in [0.3, 0.4) is 0 Å². The van der Waals surface area contributed by atoms with E-state index < -0.39 is 17.6 Å². The third-order valence-corrected chi connectivity index (χ3v) is 2.04. The van der Waals surface area contributed by atoms with Crippen molar-refractivity contribution in [3.8, 4) is 0 Å². The van der Waals surface area contributed by atoms with Gasteiger partial charge in [0.15, 0.2) is 0 Å². The van der Waals surface area contributed by atoms with E-state index >= 15 is 0 Å². The molecule has 7 nitrogen and oxygen atoms in total. The summed E-state index contributed by atoms with van der Waals surface area (Å²) in [6, 6.07) is -1.20. The molecule has 1 atom stereocenters. The van der Waals surface area contributed by atoms with Gasteiger partial charge >= 0.3 is 5.97 Å². The van der Waals surface area contributed by atoms with Crippen molar-refractivity contribution >= 4 is 23.5 Å². The lowest BCUT2D eigenvalue weighted by Crippen LogP contribution is -2.34. The maximum Gasteiger partial charge on any atom is 0.320 e. The van der Waals surface area contributed by atoms with Gasteiger partial charge in [0.25, 0.3) is 5.56 Å². The Morgan fingerprint density at radius 3 is 2.73 bits per heavy atom. The van der Waals surface area contributed by atoms with E-state index in [1.165, 1.54) is 0 Å². The quantitative estimate of drug-likeness (QED) is 0.492. The van der Waals surface area contributed by atoms with Crippen LogP contribution < -0.4 is 17.0 Å². The number of nitrogens with one attached hydrogen (secondary N) is 1. The van der Waals surface area contributed by atoms with Gasteiger partial charge in [-0.25, -0.2) is 4.98 Å². The van der Waals surface area contributed by atoms with Crippen LogP contribution in [-0.2, 0) is 11.2 Å². The Kier molecular flexibility index (Phi) is 3.28. The SMILES string of the molecule is Nc1nc(Cl)c(CC(N)C(=O)O)c(=O)[nH]1. The second kappa shape index (κ2) is 4.28. The lowest BCUT2D eigenvalue weighted by Gasteiger charge is -2.06. The zero-order chi connectivity index (χ0) is 11.6. The highest BCUT2D eigenvalue weighted by atomic mass is 35.5. The molecule has 0 radical (unpaired) electrons. The van der Waals surface area contributed by atoms with Gasteiger partial charge in [0.1, 0.15) is 11.2 Å². The molecule has 0 aliphatic carbocycles. The second-order valence-corrected chi connectivity index (χ2v) is 3.23. The summed E-state index contributed by atoms with van der Waals surface area (Å²) in [4.78, 5) is 27.6. The molecule has 1 aromatic rings. The van der Waals surface area contributed by atoms with Crippen LogP contribution >= 0.6 is 11.6 Å². The van der Waals surface area contributed by atoms with E-state index in [2.05, 4.69) is 9.97 Å². The minimum absolute atomic E-state index is 0.0146. The smallest absolute Gasteiger partial charge is 0.320 e. The zero-order valence-electron chi connectivity index (χ0n) is 7.53. The van der Waals surface area contributed by atoms with E-state index in [9.17, 15) is 9.59 Å². The first kappa shape index (κ1) is 11.5. The van der Waals surface area contributed by atoms with Gasteiger partial charge in [-0.15, -0.1) is 0 Å². The third kappa shape index (κ3) is 2.67. The zero-order valence-corrected chi connectivity index (χ0v) is 8.28. The first-order chi connectivity index (χ1) is 6.91. The number of carbonyl (C=O) groups is 1. The van der Waals surface area contributed by atoms with Crippen LogP contribution in [0.15, 0.2) is 4.79 Å². The Morgan fingerprint density at radius 1 is 1.67 bits per heavy atom. The second-order valence-electron chi connectivity index (χ2n) is 2.87. The van der Waals surface area contributed by atoms with Crippen LogP contribution in [0.4, 0.5) is 5.95 Å². The van der Waals surface area contributed by atoms with Gasteiger partial charge in [-0.2, -0.15) is 0 Å². The summed E-state index contributed by atoms with van der Waals surface area (Å²) in [7, 11) is 0. The molecule has 0 aliphatic rings. The Bertz CT molecular complexity index is 444. The molecule has 0 saturated heterocycles. The first-order valence-electron chi connectivity index (χ1n) is 3.94.